The fraction of sp³-hybridized carbons (Fsp3) is 0.429. The van der Waals surface area contributed by atoms with Gasteiger partial charge in [0.05, 0.1) is 0 Å². The minimum Gasteiger partial charge on any atom is -0.298 e. The number of halogens is 1. The van der Waals surface area contributed by atoms with Crippen molar-refractivity contribution in [2.75, 3.05) is 13.1 Å². The quantitative estimate of drug-likeness (QED) is 0.718. The molecule has 1 heterocycles. The van der Waals surface area contributed by atoms with E-state index in [1.807, 2.05) is 0 Å². The number of nitrogens with zero attached hydrogens (tertiary/aromatic N) is 1. The fourth-order valence-corrected chi connectivity index (χ4v) is 5.56. The largest absolute Gasteiger partial charge is 0.298 e. The molecule has 3 atom stereocenters. The zero-order chi connectivity index (χ0) is 16.0. The lowest BCUT2D eigenvalue weighted by molar-refractivity contribution is 0.262. The van der Waals surface area contributed by atoms with Crippen LogP contribution in [-0.4, -0.2) is 18.0 Å². The Kier molecular flexibility index (Phi) is 3.85. The van der Waals surface area contributed by atoms with E-state index in [0.29, 0.717) is 5.41 Å². The van der Waals surface area contributed by atoms with Crippen molar-refractivity contribution in [1.82, 2.24) is 4.90 Å². The average molecular weight is 370 g/mol. The van der Waals surface area contributed by atoms with Crippen molar-refractivity contribution in [2.45, 2.75) is 32.2 Å². The van der Waals surface area contributed by atoms with Gasteiger partial charge in [-0.15, -0.1) is 0 Å². The summed E-state index contributed by atoms with van der Waals surface area (Å²) in [5.74, 6) is 1.68. The number of likely N-dealkylation sites (tertiary alicyclic amines) is 1. The minimum atomic E-state index is 0.432. The van der Waals surface area contributed by atoms with Crippen molar-refractivity contribution in [1.29, 1.82) is 0 Å². The Labute approximate surface area is 147 Å². The third-order valence-corrected chi connectivity index (χ3v) is 6.48. The molecule has 0 aromatic heterocycles. The molecule has 2 aliphatic rings. The van der Waals surface area contributed by atoms with Crippen LogP contribution in [0.5, 0.6) is 0 Å². The van der Waals surface area contributed by atoms with Gasteiger partial charge in [0, 0.05) is 29.5 Å². The maximum absolute atomic E-state index is 3.69. The lowest BCUT2D eigenvalue weighted by Crippen LogP contribution is -2.29. The van der Waals surface area contributed by atoms with Gasteiger partial charge in [0.25, 0.3) is 0 Å². The smallest absolute Gasteiger partial charge is 0.0233 e. The first kappa shape index (κ1) is 15.4. The van der Waals surface area contributed by atoms with Gasteiger partial charge in [-0.1, -0.05) is 59.3 Å². The van der Waals surface area contributed by atoms with E-state index < -0.39 is 0 Å². The van der Waals surface area contributed by atoms with Crippen LogP contribution in [-0.2, 0) is 12.0 Å². The van der Waals surface area contributed by atoms with E-state index in [4.69, 9.17) is 0 Å². The first-order chi connectivity index (χ1) is 11.1. The second kappa shape index (κ2) is 5.75. The van der Waals surface area contributed by atoms with E-state index >= 15 is 0 Å². The lowest BCUT2D eigenvalue weighted by atomic mass is 9.86. The van der Waals surface area contributed by atoms with Crippen molar-refractivity contribution in [3.05, 3.63) is 69.7 Å². The monoisotopic (exact) mass is 369 g/mol. The molecule has 1 saturated carbocycles. The molecule has 2 fully saturated rings. The SMILES string of the molecule is CCC1(c2cc(C)cc(Br)c2)[C@@H]2CN(Cc3ccccc3)C[C@@H]21. The molecule has 1 unspecified atom stereocenters. The number of piperidine rings is 1. The zero-order valence-electron chi connectivity index (χ0n) is 13.9. The summed E-state index contributed by atoms with van der Waals surface area (Å²) in [6, 6.07) is 17.9. The van der Waals surface area contributed by atoms with Gasteiger partial charge in [-0.2, -0.15) is 0 Å². The van der Waals surface area contributed by atoms with Gasteiger partial charge in [-0.25, -0.2) is 0 Å². The second-order valence-corrected chi connectivity index (χ2v) is 8.22. The van der Waals surface area contributed by atoms with Crippen molar-refractivity contribution < 1.29 is 0 Å². The number of hydrogen-bond acceptors (Lipinski definition) is 1. The summed E-state index contributed by atoms with van der Waals surface area (Å²) in [6.07, 6.45) is 1.26. The van der Waals surface area contributed by atoms with Crippen molar-refractivity contribution >= 4 is 15.9 Å². The molecule has 0 N–H and O–H groups in total. The van der Waals surface area contributed by atoms with E-state index in [1.165, 1.54) is 35.1 Å². The maximum Gasteiger partial charge on any atom is 0.0233 e. The third-order valence-electron chi connectivity index (χ3n) is 6.02. The molecule has 0 spiro atoms. The Balaban J connectivity index is 1.51. The molecule has 1 aliphatic heterocycles. The Morgan fingerprint density at radius 1 is 1.09 bits per heavy atom. The molecular weight excluding hydrogens is 346 g/mol. The van der Waals surface area contributed by atoms with Crippen molar-refractivity contribution in [3.63, 3.8) is 0 Å². The first-order valence-corrected chi connectivity index (χ1v) is 9.46. The van der Waals surface area contributed by atoms with Crippen LogP contribution in [0.2, 0.25) is 0 Å². The van der Waals surface area contributed by atoms with E-state index in [-0.39, 0.29) is 0 Å². The van der Waals surface area contributed by atoms with Crippen molar-refractivity contribution in [3.8, 4) is 0 Å². The summed E-state index contributed by atoms with van der Waals surface area (Å²) < 4.78 is 1.23. The van der Waals surface area contributed by atoms with Gasteiger partial charge in [0.15, 0.2) is 0 Å². The van der Waals surface area contributed by atoms with Gasteiger partial charge in [-0.05, 0) is 54.0 Å². The second-order valence-electron chi connectivity index (χ2n) is 7.30. The van der Waals surface area contributed by atoms with Gasteiger partial charge in [0.1, 0.15) is 0 Å². The number of fused-ring (bicyclic) bond motifs is 1. The number of hydrogen-bond donors (Lipinski definition) is 0. The summed E-state index contributed by atoms with van der Waals surface area (Å²) in [5, 5.41) is 0. The van der Waals surface area contributed by atoms with E-state index in [1.54, 1.807) is 5.56 Å². The highest BCUT2D eigenvalue weighted by Crippen LogP contribution is 2.65. The van der Waals surface area contributed by atoms with Crippen molar-refractivity contribution in [2.24, 2.45) is 11.8 Å². The van der Waals surface area contributed by atoms with Gasteiger partial charge in [-0.3, -0.25) is 4.90 Å². The van der Waals surface area contributed by atoms with Crippen LogP contribution in [0.4, 0.5) is 0 Å². The maximum atomic E-state index is 3.69. The molecule has 0 amide bonds. The first-order valence-electron chi connectivity index (χ1n) is 8.67. The Bertz CT molecular complexity index is 677. The molecule has 120 valence electrons. The Hall–Kier alpha value is -1.12. The van der Waals surface area contributed by atoms with Crippen LogP contribution in [0.3, 0.4) is 0 Å². The molecule has 4 rings (SSSR count). The van der Waals surface area contributed by atoms with E-state index in [0.717, 1.165) is 18.4 Å². The number of benzene rings is 2. The average Bonchev–Trinajstić information content (AvgIpc) is 2.92. The summed E-state index contributed by atoms with van der Waals surface area (Å²) in [5.41, 5.74) is 4.80. The molecule has 0 bridgehead atoms. The summed E-state index contributed by atoms with van der Waals surface area (Å²) >= 11 is 3.69. The van der Waals surface area contributed by atoms with Gasteiger partial charge >= 0.3 is 0 Å². The normalized spacial score (nSPS) is 29.5. The highest BCUT2D eigenvalue weighted by molar-refractivity contribution is 9.10. The predicted molar refractivity (Wildman–Crippen MR) is 99.5 cm³/mol. The molecule has 2 heteroatoms. The van der Waals surface area contributed by atoms with E-state index in [2.05, 4.69) is 83.2 Å². The van der Waals surface area contributed by atoms with Gasteiger partial charge < -0.3 is 0 Å². The number of aryl methyl sites for hydroxylation is 1. The van der Waals surface area contributed by atoms with Crippen LogP contribution < -0.4 is 0 Å². The molecule has 2 aromatic carbocycles. The molecule has 0 radical (unpaired) electrons. The number of rotatable bonds is 4. The molecular formula is C21H24BrN. The molecule has 1 saturated heterocycles. The topological polar surface area (TPSA) is 3.24 Å². The van der Waals surface area contributed by atoms with E-state index in [9.17, 15) is 0 Å². The lowest BCUT2D eigenvalue weighted by Gasteiger charge is -2.27. The van der Waals surface area contributed by atoms with Crippen LogP contribution in [0.15, 0.2) is 53.0 Å². The summed E-state index contributed by atoms with van der Waals surface area (Å²) in [7, 11) is 0. The van der Waals surface area contributed by atoms with Crippen LogP contribution in [0.1, 0.15) is 30.0 Å². The Morgan fingerprint density at radius 2 is 1.78 bits per heavy atom. The van der Waals surface area contributed by atoms with Crippen LogP contribution >= 0.6 is 15.9 Å². The van der Waals surface area contributed by atoms with Gasteiger partial charge in [0.2, 0.25) is 0 Å². The molecule has 2 aromatic rings. The highest BCUT2D eigenvalue weighted by Gasteiger charge is 2.67. The minimum absolute atomic E-state index is 0.432. The van der Waals surface area contributed by atoms with Crippen LogP contribution in [0, 0.1) is 18.8 Å². The third kappa shape index (κ3) is 2.56. The molecule has 23 heavy (non-hydrogen) atoms. The molecule has 1 aliphatic carbocycles. The standard InChI is InChI=1S/C21H24BrN/c1-3-21(17-9-15(2)10-18(22)11-17)19-13-23(14-20(19)21)12-16-7-5-4-6-8-16/h4-11,19-20H,3,12-14H2,1-2H3/t19-,20+,21?. The molecule has 1 nitrogen and oxygen atoms in total. The predicted octanol–water partition coefficient (Wildman–Crippen LogP) is 5.17. The fourth-order valence-electron chi connectivity index (χ4n) is 4.95. The highest BCUT2D eigenvalue weighted by atomic mass is 79.9. The Morgan fingerprint density at radius 3 is 2.39 bits per heavy atom. The zero-order valence-corrected chi connectivity index (χ0v) is 15.5. The van der Waals surface area contributed by atoms with Crippen LogP contribution in [0.25, 0.3) is 0 Å². The summed E-state index contributed by atoms with van der Waals surface area (Å²) in [4.78, 5) is 2.64. The summed E-state index contributed by atoms with van der Waals surface area (Å²) in [6.45, 7) is 8.18.